The number of nitrogens with one attached hydrogen (secondary N) is 4. The number of carbonyl (C=O) groups is 1. The first kappa shape index (κ1) is 21.8. The van der Waals surface area contributed by atoms with E-state index in [2.05, 4.69) is 20.0 Å². The monoisotopic (exact) mass is 466 g/mol. The molecular formula is C22H18N4O6S. The topological polar surface area (TPSA) is 150 Å². The Balaban J connectivity index is 1.58. The Hall–Kier alpha value is -4.38. The predicted octanol–water partition coefficient (Wildman–Crippen LogP) is 2.28. The van der Waals surface area contributed by atoms with Crippen molar-refractivity contribution in [3.63, 3.8) is 0 Å². The summed E-state index contributed by atoms with van der Waals surface area (Å²) in [6.45, 7) is 0. The molecule has 168 valence electrons. The number of rotatable bonds is 6. The van der Waals surface area contributed by atoms with Crippen molar-refractivity contribution >= 4 is 38.3 Å². The minimum Gasteiger partial charge on any atom is -0.495 e. The van der Waals surface area contributed by atoms with Crippen molar-refractivity contribution in [3.05, 3.63) is 93.0 Å². The Labute approximate surface area is 187 Å². The number of aromatic nitrogens is 2. The zero-order valence-corrected chi connectivity index (χ0v) is 18.0. The molecule has 0 atom stereocenters. The van der Waals surface area contributed by atoms with Gasteiger partial charge in [-0.15, -0.1) is 0 Å². The number of benzene rings is 3. The van der Waals surface area contributed by atoms with Crippen LogP contribution in [0.3, 0.4) is 0 Å². The van der Waals surface area contributed by atoms with Gasteiger partial charge in [0.05, 0.1) is 28.7 Å². The number of anilines is 2. The third kappa shape index (κ3) is 4.62. The molecule has 0 saturated carbocycles. The number of aromatic amines is 2. The van der Waals surface area contributed by atoms with Gasteiger partial charge in [-0.1, -0.05) is 18.2 Å². The van der Waals surface area contributed by atoms with Gasteiger partial charge >= 0.3 is 11.1 Å². The summed E-state index contributed by atoms with van der Waals surface area (Å²) in [5.74, 6) is -0.169. The average Bonchev–Trinajstić information content (AvgIpc) is 2.80. The number of amides is 1. The molecule has 1 amide bonds. The Bertz CT molecular complexity index is 1590. The highest BCUT2D eigenvalue weighted by molar-refractivity contribution is 7.92. The lowest BCUT2D eigenvalue weighted by Gasteiger charge is -2.12. The van der Waals surface area contributed by atoms with E-state index in [1.807, 2.05) is 0 Å². The molecule has 0 aliphatic carbocycles. The van der Waals surface area contributed by atoms with Crippen LogP contribution in [-0.4, -0.2) is 31.4 Å². The standard InChI is InChI=1S/C22H18N4O6S/c1-32-19-8-3-2-7-17(19)26-33(30,31)15-6-4-5-14(12-15)23-20(27)13-9-10-16-18(11-13)25-22(29)21(28)24-16/h2-12,26H,1H3,(H,23,27)(H,24,28)(H,25,29). The largest absolute Gasteiger partial charge is 0.495 e. The van der Waals surface area contributed by atoms with Crippen LogP contribution >= 0.6 is 0 Å². The SMILES string of the molecule is COc1ccccc1NS(=O)(=O)c1cccc(NC(=O)c2ccc3[nH]c(=O)c(=O)[nH]c3c2)c1. The van der Waals surface area contributed by atoms with Crippen LogP contribution in [0, 0.1) is 0 Å². The molecule has 4 N–H and O–H groups in total. The summed E-state index contributed by atoms with van der Waals surface area (Å²) in [6.07, 6.45) is 0. The van der Waals surface area contributed by atoms with Crippen molar-refractivity contribution in [1.29, 1.82) is 0 Å². The molecule has 1 aromatic heterocycles. The minimum absolute atomic E-state index is 0.0633. The molecule has 0 unspecified atom stereocenters. The summed E-state index contributed by atoms with van der Waals surface area (Å²) in [7, 11) is -2.53. The number of sulfonamides is 1. The molecule has 0 radical (unpaired) electrons. The van der Waals surface area contributed by atoms with Gasteiger partial charge in [0, 0.05) is 11.3 Å². The van der Waals surface area contributed by atoms with Crippen molar-refractivity contribution in [2.45, 2.75) is 4.90 Å². The maximum atomic E-state index is 12.8. The van der Waals surface area contributed by atoms with E-state index < -0.39 is 27.0 Å². The second kappa shape index (κ2) is 8.63. The van der Waals surface area contributed by atoms with Crippen molar-refractivity contribution in [2.75, 3.05) is 17.1 Å². The van der Waals surface area contributed by atoms with E-state index in [1.165, 1.54) is 43.5 Å². The van der Waals surface area contributed by atoms with Gasteiger partial charge in [0.25, 0.3) is 15.9 Å². The zero-order valence-electron chi connectivity index (χ0n) is 17.2. The van der Waals surface area contributed by atoms with E-state index in [0.29, 0.717) is 11.3 Å². The number of methoxy groups -OCH3 is 1. The van der Waals surface area contributed by atoms with Crippen LogP contribution in [0.4, 0.5) is 11.4 Å². The molecule has 0 aliphatic heterocycles. The van der Waals surface area contributed by atoms with Gasteiger partial charge in [0.1, 0.15) is 5.75 Å². The van der Waals surface area contributed by atoms with Crippen LogP contribution < -0.4 is 25.9 Å². The summed E-state index contributed by atoms with van der Waals surface area (Å²) in [5, 5.41) is 2.63. The fourth-order valence-electron chi connectivity index (χ4n) is 3.13. The summed E-state index contributed by atoms with van der Waals surface area (Å²) in [6, 6.07) is 16.7. The summed E-state index contributed by atoms with van der Waals surface area (Å²) in [5.41, 5.74) is -0.252. The van der Waals surface area contributed by atoms with E-state index in [4.69, 9.17) is 4.74 Å². The Morgan fingerprint density at radius 1 is 0.879 bits per heavy atom. The molecule has 33 heavy (non-hydrogen) atoms. The number of H-pyrrole nitrogens is 2. The van der Waals surface area contributed by atoms with Gasteiger partial charge in [0.2, 0.25) is 0 Å². The van der Waals surface area contributed by atoms with Crippen LogP contribution in [0.5, 0.6) is 5.75 Å². The maximum absolute atomic E-state index is 12.8. The highest BCUT2D eigenvalue weighted by Crippen LogP contribution is 2.27. The van der Waals surface area contributed by atoms with Crippen LogP contribution in [0.25, 0.3) is 11.0 Å². The van der Waals surface area contributed by atoms with Crippen molar-refractivity contribution in [3.8, 4) is 5.75 Å². The fourth-order valence-corrected chi connectivity index (χ4v) is 4.25. The molecular weight excluding hydrogens is 448 g/mol. The predicted molar refractivity (Wildman–Crippen MR) is 123 cm³/mol. The molecule has 3 aromatic carbocycles. The number of para-hydroxylation sites is 2. The van der Waals surface area contributed by atoms with Crippen LogP contribution in [0.2, 0.25) is 0 Å². The Morgan fingerprint density at radius 3 is 2.36 bits per heavy atom. The molecule has 0 bridgehead atoms. The van der Waals surface area contributed by atoms with E-state index in [1.54, 1.807) is 30.3 Å². The van der Waals surface area contributed by atoms with Gasteiger partial charge < -0.3 is 20.0 Å². The van der Waals surface area contributed by atoms with Gasteiger partial charge in [-0.25, -0.2) is 8.42 Å². The quantitative estimate of drug-likeness (QED) is 0.320. The average molecular weight is 466 g/mol. The van der Waals surface area contributed by atoms with E-state index in [-0.39, 0.29) is 27.4 Å². The highest BCUT2D eigenvalue weighted by atomic mass is 32.2. The van der Waals surface area contributed by atoms with Gasteiger partial charge in [-0.3, -0.25) is 19.1 Å². The van der Waals surface area contributed by atoms with E-state index >= 15 is 0 Å². The normalized spacial score (nSPS) is 11.2. The first-order valence-corrected chi connectivity index (χ1v) is 11.1. The first-order chi connectivity index (χ1) is 15.8. The lowest BCUT2D eigenvalue weighted by atomic mass is 10.1. The highest BCUT2D eigenvalue weighted by Gasteiger charge is 2.17. The zero-order chi connectivity index (χ0) is 23.6. The summed E-state index contributed by atoms with van der Waals surface area (Å²) < 4.78 is 33.3. The van der Waals surface area contributed by atoms with Crippen molar-refractivity contribution < 1.29 is 17.9 Å². The first-order valence-electron chi connectivity index (χ1n) is 9.60. The molecule has 0 aliphatic rings. The molecule has 10 nitrogen and oxygen atoms in total. The third-order valence-electron chi connectivity index (χ3n) is 4.74. The number of carbonyl (C=O) groups excluding carboxylic acids is 1. The Kier molecular flexibility index (Phi) is 5.71. The van der Waals surface area contributed by atoms with E-state index in [9.17, 15) is 22.8 Å². The smallest absolute Gasteiger partial charge is 0.314 e. The number of fused-ring (bicyclic) bond motifs is 1. The summed E-state index contributed by atoms with van der Waals surface area (Å²) in [4.78, 5) is 40.4. The number of hydrogen-bond donors (Lipinski definition) is 4. The lowest BCUT2D eigenvalue weighted by molar-refractivity contribution is 0.102. The van der Waals surface area contributed by atoms with Crippen molar-refractivity contribution in [2.24, 2.45) is 0 Å². The van der Waals surface area contributed by atoms with Gasteiger partial charge in [-0.05, 0) is 48.5 Å². The Morgan fingerprint density at radius 2 is 1.61 bits per heavy atom. The number of ether oxygens (including phenoxy) is 1. The minimum atomic E-state index is -3.96. The molecule has 0 fully saturated rings. The number of hydrogen-bond acceptors (Lipinski definition) is 6. The van der Waals surface area contributed by atoms with Crippen LogP contribution in [0.15, 0.2) is 81.2 Å². The second-order valence-electron chi connectivity index (χ2n) is 6.96. The summed E-state index contributed by atoms with van der Waals surface area (Å²) >= 11 is 0. The molecule has 0 saturated heterocycles. The fraction of sp³-hybridized carbons (Fsp3) is 0.0455. The lowest BCUT2D eigenvalue weighted by Crippen LogP contribution is -2.29. The van der Waals surface area contributed by atoms with Crippen LogP contribution in [-0.2, 0) is 10.0 Å². The van der Waals surface area contributed by atoms with Crippen LogP contribution in [0.1, 0.15) is 10.4 Å². The molecule has 4 rings (SSSR count). The van der Waals surface area contributed by atoms with Crippen molar-refractivity contribution in [1.82, 2.24) is 9.97 Å². The third-order valence-corrected chi connectivity index (χ3v) is 6.10. The molecule has 0 spiro atoms. The maximum Gasteiger partial charge on any atom is 0.314 e. The molecule has 4 aromatic rings. The molecule has 1 heterocycles. The van der Waals surface area contributed by atoms with E-state index in [0.717, 1.165) is 0 Å². The van der Waals surface area contributed by atoms with Gasteiger partial charge in [0.15, 0.2) is 0 Å². The molecule has 11 heteroatoms. The second-order valence-corrected chi connectivity index (χ2v) is 8.64. The van der Waals surface area contributed by atoms with Gasteiger partial charge in [-0.2, -0.15) is 0 Å².